The van der Waals surface area contributed by atoms with E-state index >= 15 is 0 Å². The minimum Gasteiger partial charge on any atom is -0.340 e. The third-order valence-corrected chi connectivity index (χ3v) is 8.18. The second-order valence-corrected chi connectivity index (χ2v) is 11.2. The predicted molar refractivity (Wildman–Crippen MR) is 184 cm³/mol. The maximum atomic E-state index is 4.63. The Kier molecular flexibility index (Phi) is 6.81. The van der Waals surface area contributed by atoms with E-state index in [0.29, 0.717) is 17.6 Å². The van der Waals surface area contributed by atoms with E-state index in [0.717, 1.165) is 29.7 Å². The van der Waals surface area contributed by atoms with Crippen molar-refractivity contribution >= 4 is 35.7 Å². The molecule has 1 heterocycles. The quantitative estimate of drug-likeness (QED) is 0.124. The van der Waals surface area contributed by atoms with Crippen molar-refractivity contribution < 1.29 is 0 Å². The van der Waals surface area contributed by atoms with Crippen molar-refractivity contribution in [3.63, 3.8) is 0 Å². The molecule has 0 spiro atoms. The molecule has 0 bridgehead atoms. The summed E-state index contributed by atoms with van der Waals surface area (Å²) in [6.45, 7) is 0. The summed E-state index contributed by atoms with van der Waals surface area (Å²) in [4.78, 5) is 9.24. The van der Waals surface area contributed by atoms with Gasteiger partial charge in [-0.05, 0) is 92.7 Å². The molecule has 7 heteroatoms. The van der Waals surface area contributed by atoms with E-state index in [4.69, 9.17) is 0 Å². The van der Waals surface area contributed by atoms with Crippen LogP contribution in [0.25, 0.3) is 22.3 Å². The lowest BCUT2D eigenvalue weighted by Crippen LogP contribution is -2.04. The monoisotopic (exact) mass is 583 g/mol. The minimum absolute atomic E-state index is 0.341. The number of hydrazone groups is 2. The van der Waals surface area contributed by atoms with Gasteiger partial charge in [-0.1, -0.05) is 91.0 Å². The van der Waals surface area contributed by atoms with Gasteiger partial charge in [0.2, 0.25) is 5.95 Å². The van der Waals surface area contributed by atoms with E-state index in [1.54, 1.807) is 6.21 Å². The first-order valence-corrected chi connectivity index (χ1v) is 15.0. The van der Waals surface area contributed by atoms with Crippen LogP contribution in [0.4, 0.5) is 23.3 Å². The van der Waals surface area contributed by atoms with Crippen LogP contribution in [-0.4, -0.2) is 22.4 Å². The summed E-state index contributed by atoms with van der Waals surface area (Å²) in [6.07, 6.45) is 5.48. The number of fused-ring (bicyclic) bond motifs is 6. The normalized spacial score (nSPS) is 12.5. The topological polar surface area (TPSA) is 86.6 Å². The molecule has 3 N–H and O–H groups in total. The van der Waals surface area contributed by atoms with Gasteiger partial charge >= 0.3 is 0 Å². The van der Waals surface area contributed by atoms with Crippen molar-refractivity contribution in [1.29, 1.82) is 0 Å². The van der Waals surface area contributed by atoms with Gasteiger partial charge in [0.1, 0.15) is 5.82 Å². The summed E-state index contributed by atoms with van der Waals surface area (Å²) < 4.78 is 0. The van der Waals surface area contributed by atoms with Crippen molar-refractivity contribution in [1.82, 2.24) is 9.97 Å². The Morgan fingerprint density at radius 3 is 1.67 bits per heavy atom. The molecule has 0 amide bonds. The smallest absolute Gasteiger partial charge is 0.247 e. The Balaban J connectivity index is 0.996. The van der Waals surface area contributed by atoms with Crippen LogP contribution in [0.2, 0.25) is 0 Å². The van der Waals surface area contributed by atoms with Gasteiger partial charge in [0.25, 0.3) is 0 Å². The van der Waals surface area contributed by atoms with E-state index in [2.05, 4.69) is 121 Å². The van der Waals surface area contributed by atoms with Gasteiger partial charge in [-0.3, -0.25) is 5.43 Å². The average Bonchev–Trinajstić information content (AvgIpc) is 3.63. The minimum atomic E-state index is 0.341. The van der Waals surface area contributed by atoms with Crippen LogP contribution < -0.4 is 16.2 Å². The molecular weight excluding hydrogens is 554 g/mol. The molecule has 1 aromatic heterocycles. The number of aromatic nitrogens is 2. The van der Waals surface area contributed by atoms with Crippen molar-refractivity contribution in [3.8, 4) is 22.3 Å². The largest absolute Gasteiger partial charge is 0.340 e. The van der Waals surface area contributed by atoms with Gasteiger partial charge in [0.05, 0.1) is 12.4 Å². The predicted octanol–water partition coefficient (Wildman–Crippen LogP) is 8.25. The molecule has 8 rings (SSSR count). The first-order valence-electron chi connectivity index (χ1n) is 15.0. The maximum absolute atomic E-state index is 4.63. The second kappa shape index (κ2) is 11.5. The number of benzene rings is 5. The molecule has 0 saturated carbocycles. The molecule has 0 unspecified atom stereocenters. The molecular formula is C38H29N7. The van der Waals surface area contributed by atoms with Crippen LogP contribution in [0.3, 0.4) is 0 Å². The van der Waals surface area contributed by atoms with Crippen LogP contribution in [0.1, 0.15) is 33.4 Å². The molecule has 2 aliphatic rings. The summed E-state index contributed by atoms with van der Waals surface area (Å²) in [5.41, 5.74) is 19.6. The number of nitrogens with one attached hydrogen (secondary N) is 3. The number of hydrogen-bond donors (Lipinski definition) is 3. The Morgan fingerprint density at radius 1 is 0.489 bits per heavy atom. The van der Waals surface area contributed by atoms with Gasteiger partial charge in [0, 0.05) is 11.8 Å². The molecule has 216 valence electrons. The standard InChI is InChI=1S/C38H29N7/c1-2-10-31(11-3-1)41-36-22-37(44-39-23-25-14-16-34-29(18-25)20-27-8-4-6-12-32(27)34)43-38(42-36)45-40-24-26-15-17-35-30(19-26)21-28-9-5-7-13-33(28)35/h1-19,22-24H,20-21H2,(H3,41,42,43,44,45). The van der Waals surface area contributed by atoms with Crippen LogP contribution in [0.5, 0.6) is 0 Å². The highest BCUT2D eigenvalue weighted by Gasteiger charge is 2.18. The lowest BCUT2D eigenvalue weighted by atomic mass is 10.0. The van der Waals surface area contributed by atoms with Crippen molar-refractivity contribution in [2.24, 2.45) is 10.2 Å². The highest BCUT2D eigenvalue weighted by atomic mass is 15.4. The molecule has 45 heavy (non-hydrogen) atoms. The van der Waals surface area contributed by atoms with Crippen LogP contribution in [-0.2, 0) is 12.8 Å². The molecule has 0 fully saturated rings. The second-order valence-electron chi connectivity index (χ2n) is 11.2. The first-order chi connectivity index (χ1) is 22.2. The highest BCUT2D eigenvalue weighted by Crippen LogP contribution is 2.37. The zero-order valence-electron chi connectivity index (χ0n) is 24.4. The third kappa shape index (κ3) is 5.55. The van der Waals surface area contributed by atoms with E-state index in [-0.39, 0.29) is 0 Å². The molecule has 5 aromatic carbocycles. The molecule has 6 aromatic rings. The van der Waals surface area contributed by atoms with E-state index in [1.807, 2.05) is 42.6 Å². The van der Waals surface area contributed by atoms with Crippen molar-refractivity contribution in [3.05, 3.63) is 155 Å². The van der Waals surface area contributed by atoms with E-state index in [1.165, 1.54) is 44.5 Å². The molecule has 7 nitrogen and oxygen atoms in total. The van der Waals surface area contributed by atoms with Gasteiger partial charge in [0.15, 0.2) is 5.82 Å². The lowest BCUT2D eigenvalue weighted by Gasteiger charge is -2.09. The molecule has 2 aliphatic carbocycles. The fourth-order valence-corrected chi connectivity index (χ4v) is 6.12. The fraction of sp³-hybridized carbons (Fsp3) is 0.0526. The Bertz CT molecular complexity index is 1970. The average molecular weight is 584 g/mol. The lowest BCUT2D eigenvalue weighted by molar-refractivity contribution is 1.10. The Morgan fingerprint density at radius 2 is 1.02 bits per heavy atom. The highest BCUT2D eigenvalue weighted by molar-refractivity contribution is 5.86. The maximum Gasteiger partial charge on any atom is 0.247 e. The van der Waals surface area contributed by atoms with Gasteiger partial charge in [-0.25, -0.2) is 5.43 Å². The number of para-hydroxylation sites is 1. The van der Waals surface area contributed by atoms with Gasteiger partial charge in [-0.2, -0.15) is 20.2 Å². The van der Waals surface area contributed by atoms with Crippen molar-refractivity contribution in [2.45, 2.75) is 12.8 Å². The molecule has 0 aliphatic heterocycles. The zero-order valence-corrected chi connectivity index (χ0v) is 24.4. The van der Waals surface area contributed by atoms with E-state index < -0.39 is 0 Å². The number of rotatable bonds is 8. The Labute approximate surface area is 261 Å². The summed E-state index contributed by atoms with van der Waals surface area (Å²) >= 11 is 0. The summed E-state index contributed by atoms with van der Waals surface area (Å²) in [5, 5.41) is 12.3. The summed E-state index contributed by atoms with van der Waals surface area (Å²) in [6, 6.07) is 41.8. The van der Waals surface area contributed by atoms with Crippen LogP contribution >= 0.6 is 0 Å². The number of nitrogens with zero attached hydrogens (tertiary/aromatic N) is 4. The molecule has 0 radical (unpaired) electrons. The van der Waals surface area contributed by atoms with Crippen molar-refractivity contribution in [2.75, 3.05) is 16.2 Å². The van der Waals surface area contributed by atoms with Gasteiger partial charge < -0.3 is 5.32 Å². The summed E-state index contributed by atoms with van der Waals surface area (Å²) in [5.74, 6) is 1.48. The van der Waals surface area contributed by atoms with Crippen LogP contribution in [0.15, 0.2) is 132 Å². The Hall–Kier alpha value is -6.08. The molecule has 0 saturated heterocycles. The van der Waals surface area contributed by atoms with E-state index in [9.17, 15) is 0 Å². The zero-order chi connectivity index (χ0) is 30.0. The molecule has 0 atom stereocenters. The number of hydrogen-bond acceptors (Lipinski definition) is 7. The number of anilines is 4. The van der Waals surface area contributed by atoms with Crippen LogP contribution in [0, 0.1) is 0 Å². The fourth-order valence-electron chi connectivity index (χ4n) is 6.12. The van der Waals surface area contributed by atoms with Gasteiger partial charge in [-0.15, -0.1) is 0 Å². The third-order valence-electron chi connectivity index (χ3n) is 8.18. The first kappa shape index (κ1) is 26.5. The summed E-state index contributed by atoms with van der Waals surface area (Å²) in [7, 11) is 0. The SMILES string of the molecule is C(=NNc1cc(Nc2ccccc2)nc(NN=Cc2ccc3c(c2)Cc2ccccc2-3)n1)c1ccc2c(c1)Cc1ccccc1-2.